The first kappa shape index (κ1) is 13.9. The van der Waals surface area contributed by atoms with Crippen molar-refractivity contribution in [2.24, 2.45) is 0 Å². The zero-order valence-electron chi connectivity index (χ0n) is 11.6. The second-order valence-electron chi connectivity index (χ2n) is 4.80. The second kappa shape index (κ2) is 5.65. The van der Waals surface area contributed by atoms with Gasteiger partial charge < -0.3 is 16.2 Å². The highest BCUT2D eigenvalue weighted by Crippen LogP contribution is 2.24. The largest absolute Gasteiger partial charge is 0.507 e. The SMILES string of the molecule is Cc1cccc(C(=O)NC(C)c2ccccc2N)c1O. The molecule has 4 N–H and O–H groups in total. The Labute approximate surface area is 118 Å². The fourth-order valence-electron chi connectivity index (χ4n) is 2.10. The highest BCUT2D eigenvalue weighted by atomic mass is 16.3. The predicted molar refractivity (Wildman–Crippen MR) is 79.6 cm³/mol. The Hall–Kier alpha value is -2.49. The minimum atomic E-state index is -0.318. The van der Waals surface area contributed by atoms with Gasteiger partial charge in [-0.1, -0.05) is 30.3 Å². The number of hydrogen-bond acceptors (Lipinski definition) is 3. The number of rotatable bonds is 3. The van der Waals surface area contributed by atoms with E-state index < -0.39 is 0 Å². The molecule has 0 heterocycles. The molecule has 0 bridgehead atoms. The molecule has 2 rings (SSSR count). The molecule has 0 saturated carbocycles. The summed E-state index contributed by atoms with van der Waals surface area (Å²) in [5.74, 6) is -0.305. The molecule has 20 heavy (non-hydrogen) atoms. The molecule has 0 aliphatic rings. The average Bonchev–Trinajstić information content (AvgIpc) is 2.42. The quantitative estimate of drug-likeness (QED) is 0.751. The highest BCUT2D eigenvalue weighted by Gasteiger charge is 2.16. The number of phenols is 1. The van der Waals surface area contributed by atoms with Crippen LogP contribution in [0.15, 0.2) is 42.5 Å². The summed E-state index contributed by atoms with van der Waals surface area (Å²) >= 11 is 0. The monoisotopic (exact) mass is 270 g/mol. The molecule has 0 radical (unpaired) electrons. The van der Waals surface area contributed by atoms with E-state index in [-0.39, 0.29) is 23.3 Å². The molecule has 0 aliphatic heterocycles. The molecule has 104 valence electrons. The molecular weight excluding hydrogens is 252 g/mol. The van der Waals surface area contributed by atoms with Gasteiger partial charge in [-0.15, -0.1) is 0 Å². The minimum Gasteiger partial charge on any atom is -0.507 e. The number of aromatic hydroxyl groups is 1. The van der Waals surface area contributed by atoms with Gasteiger partial charge in [-0.2, -0.15) is 0 Å². The number of carbonyl (C=O) groups is 1. The van der Waals surface area contributed by atoms with Gasteiger partial charge in [-0.3, -0.25) is 4.79 Å². The van der Waals surface area contributed by atoms with Gasteiger partial charge in [-0.25, -0.2) is 0 Å². The van der Waals surface area contributed by atoms with Crippen LogP contribution in [0.1, 0.15) is 34.5 Å². The van der Waals surface area contributed by atoms with Crippen LogP contribution in [0.4, 0.5) is 5.69 Å². The Morgan fingerprint density at radius 3 is 2.60 bits per heavy atom. The van der Waals surface area contributed by atoms with Crippen molar-refractivity contribution in [2.45, 2.75) is 19.9 Å². The summed E-state index contributed by atoms with van der Waals surface area (Å²) in [7, 11) is 0. The van der Waals surface area contributed by atoms with Crippen LogP contribution < -0.4 is 11.1 Å². The first-order valence-electron chi connectivity index (χ1n) is 6.44. The maximum atomic E-state index is 12.2. The lowest BCUT2D eigenvalue weighted by molar-refractivity contribution is 0.0937. The van der Waals surface area contributed by atoms with Crippen molar-refractivity contribution >= 4 is 11.6 Å². The normalized spacial score (nSPS) is 11.9. The van der Waals surface area contributed by atoms with Crippen molar-refractivity contribution in [3.05, 3.63) is 59.2 Å². The first-order chi connectivity index (χ1) is 9.50. The molecule has 0 aromatic heterocycles. The van der Waals surface area contributed by atoms with E-state index in [2.05, 4.69) is 5.32 Å². The number of carbonyl (C=O) groups excluding carboxylic acids is 1. The average molecular weight is 270 g/mol. The van der Waals surface area contributed by atoms with Gasteiger partial charge >= 0.3 is 0 Å². The van der Waals surface area contributed by atoms with Gasteiger partial charge in [0.2, 0.25) is 0 Å². The molecule has 1 atom stereocenters. The smallest absolute Gasteiger partial charge is 0.255 e. The summed E-state index contributed by atoms with van der Waals surface area (Å²) in [6, 6.07) is 12.2. The number of hydrogen-bond donors (Lipinski definition) is 3. The third-order valence-corrected chi connectivity index (χ3v) is 3.29. The van der Waals surface area contributed by atoms with Crippen LogP contribution >= 0.6 is 0 Å². The molecule has 1 unspecified atom stereocenters. The highest BCUT2D eigenvalue weighted by molar-refractivity contribution is 5.97. The van der Waals surface area contributed by atoms with Crippen molar-refractivity contribution in [1.29, 1.82) is 0 Å². The van der Waals surface area contributed by atoms with Crippen molar-refractivity contribution in [3.8, 4) is 5.75 Å². The van der Waals surface area contributed by atoms with E-state index in [1.54, 1.807) is 31.2 Å². The predicted octanol–water partition coefficient (Wildman–Crippen LogP) is 2.77. The number of benzene rings is 2. The lowest BCUT2D eigenvalue weighted by Gasteiger charge is -2.17. The zero-order chi connectivity index (χ0) is 14.7. The lowest BCUT2D eigenvalue weighted by atomic mass is 10.0. The number of amides is 1. The van der Waals surface area contributed by atoms with E-state index in [9.17, 15) is 9.90 Å². The molecule has 2 aromatic carbocycles. The van der Waals surface area contributed by atoms with Gasteiger partial charge in [0.05, 0.1) is 11.6 Å². The topological polar surface area (TPSA) is 75.4 Å². The molecule has 0 aliphatic carbocycles. The number of aryl methyl sites for hydroxylation is 1. The van der Waals surface area contributed by atoms with Crippen LogP contribution in [0.5, 0.6) is 5.75 Å². The summed E-state index contributed by atoms with van der Waals surface area (Å²) in [5, 5.41) is 12.8. The van der Waals surface area contributed by atoms with Crippen molar-refractivity contribution in [3.63, 3.8) is 0 Å². The number of nitrogens with two attached hydrogens (primary N) is 1. The number of para-hydroxylation sites is 2. The maximum Gasteiger partial charge on any atom is 0.255 e. The summed E-state index contributed by atoms with van der Waals surface area (Å²) in [4.78, 5) is 12.2. The number of nitrogen functional groups attached to an aromatic ring is 1. The molecule has 4 heteroatoms. The second-order valence-corrected chi connectivity index (χ2v) is 4.80. The summed E-state index contributed by atoms with van der Waals surface area (Å²) in [6.45, 7) is 3.61. The zero-order valence-corrected chi connectivity index (χ0v) is 11.6. The molecule has 4 nitrogen and oxygen atoms in total. The Morgan fingerprint density at radius 2 is 1.90 bits per heavy atom. The van der Waals surface area contributed by atoms with Crippen molar-refractivity contribution < 1.29 is 9.90 Å². The van der Waals surface area contributed by atoms with E-state index in [0.717, 1.165) is 5.56 Å². The summed E-state index contributed by atoms with van der Waals surface area (Å²) in [6.07, 6.45) is 0. The Morgan fingerprint density at radius 1 is 1.20 bits per heavy atom. The van der Waals surface area contributed by atoms with Crippen LogP contribution in [0.2, 0.25) is 0 Å². The fraction of sp³-hybridized carbons (Fsp3) is 0.188. The fourth-order valence-corrected chi connectivity index (χ4v) is 2.10. The number of nitrogens with one attached hydrogen (secondary N) is 1. The molecular formula is C16H18N2O2. The van der Waals surface area contributed by atoms with Crippen molar-refractivity contribution in [1.82, 2.24) is 5.32 Å². The molecule has 0 fully saturated rings. The van der Waals surface area contributed by atoms with Crippen molar-refractivity contribution in [2.75, 3.05) is 5.73 Å². The van der Waals surface area contributed by atoms with E-state index in [1.165, 1.54) is 0 Å². The maximum absolute atomic E-state index is 12.2. The van der Waals surface area contributed by atoms with E-state index in [0.29, 0.717) is 11.3 Å². The van der Waals surface area contributed by atoms with Crippen LogP contribution in [0, 0.1) is 6.92 Å². The van der Waals surface area contributed by atoms with Crippen LogP contribution in [0.3, 0.4) is 0 Å². The molecule has 1 amide bonds. The van der Waals surface area contributed by atoms with Gasteiger partial charge in [0.1, 0.15) is 5.75 Å². The third kappa shape index (κ3) is 2.74. The van der Waals surface area contributed by atoms with Gasteiger partial charge in [-0.05, 0) is 37.1 Å². The van der Waals surface area contributed by atoms with E-state index >= 15 is 0 Å². The lowest BCUT2D eigenvalue weighted by Crippen LogP contribution is -2.27. The van der Waals surface area contributed by atoms with E-state index in [4.69, 9.17) is 5.73 Å². The summed E-state index contributed by atoms with van der Waals surface area (Å²) in [5.41, 5.74) is 8.32. The molecule has 0 saturated heterocycles. The van der Waals surface area contributed by atoms with Crippen LogP contribution in [0.25, 0.3) is 0 Å². The standard InChI is InChI=1S/C16H18N2O2/c1-10-6-5-8-13(15(10)19)16(20)18-11(2)12-7-3-4-9-14(12)17/h3-9,11,19H,17H2,1-2H3,(H,18,20). The number of anilines is 1. The molecule has 2 aromatic rings. The summed E-state index contributed by atoms with van der Waals surface area (Å²) < 4.78 is 0. The van der Waals surface area contributed by atoms with Crippen LogP contribution in [-0.4, -0.2) is 11.0 Å². The van der Waals surface area contributed by atoms with Crippen LogP contribution in [-0.2, 0) is 0 Å². The Bertz CT molecular complexity index is 638. The molecule has 0 spiro atoms. The van der Waals surface area contributed by atoms with E-state index in [1.807, 2.05) is 25.1 Å². The van der Waals surface area contributed by atoms with Gasteiger partial charge in [0.15, 0.2) is 0 Å². The van der Waals surface area contributed by atoms with Gasteiger partial charge in [0, 0.05) is 5.69 Å². The van der Waals surface area contributed by atoms with Gasteiger partial charge in [0.25, 0.3) is 5.91 Å². The number of phenolic OH excluding ortho intramolecular Hbond substituents is 1. The Balaban J connectivity index is 2.20. The third-order valence-electron chi connectivity index (χ3n) is 3.29. The minimum absolute atomic E-state index is 0.0123. The Kier molecular flexibility index (Phi) is 3.94. The first-order valence-corrected chi connectivity index (χ1v) is 6.44.